The monoisotopic (exact) mass is 470 g/mol. The van der Waals surface area contributed by atoms with E-state index in [1.54, 1.807) is 48.7 Å². The topological polar surface area (TPSA) is 51.7 Å². The maximum atomic E-state index is 13.5. The van der Waals surface area contributed by atoms with Crippen molar-refractivity contribution in [3.63, 3.8) is 0 Å². The average molecular weight is 471 g/mol. The lowest BCUT2D eigenvalue weighted by Crippen LogP contribution is -2.30. The van der Waals surface area contributed by atoms with Crippen LogP contribution in [0.1, 0.15) is 27.0 Å². The highest BCUT2D eigenvalue weighted by molar-refractivity contribution is 5.96. The first kappa shape index (κ1) is 24.0. The van der Waals surface area contributed by atoms with E-state index >= 15 is 0 Å². The van der Waals surface area contributed by atoms with Gasteiger partial charge in [-0.05, 0) is 65.2 Å². The summed E-state index contributed by atoms with van der Waals surface area (Å²) in [5, 5.41) is 0. The Balaban J connectivity index is 1.49. The molecule has 0 aliphatic rings. The van der Waals surface area contributed by atoms with E-state index in [1.807, 2.05) is 48.5 Å². The van der Waals surface area contributed by atoms with Crippen molar-refractivity contribution in [2.75, 3.05) is 13.7 Å². The van der Waals surface area contributed by atoms with Gasteiger partial charge in [0.05, 0.1) is 19.3 Å². The van der Waals surface area contributed by atoms with Crippen molar-refractivity contribution in [1.29, 1.82) is 0 Å². The summed E-state index contributed by atoms with van der Waals surface area (Å²) in [6.45, 7) is 1.29. The molecule has 0 N–H and O–H groups in total. The Morgan fingerprint density at radius 3 is 2.37 bits per heavy atom. The second-order valence-electron chi connectivity index (χ2n) is 8.09. The first-order valence-electron chi connectivity index (χ1n) is 11.4. The molecule has 0 saturated carbocycles. The fourth-order valence-corrected chi connectivity index (χ4v) is 3.79. The molecular formula is C29H27FN2O3. The SMILES string of the molecule is COc1ccccc1C(=O)N(Cc1ccncc1)Cc1cccc(OCCc2ccc(F)cc2)c1. The van der Waals surface area contributed by atoms with Crippen molar-refractivity contribution < 1.29 is 18.7 Å². The van der Waals surface area contributed by atoms with Gasteiger partial charge in [-0.15, -0.1) is 0 Å². The van der Waals surface area contributed by atoms with Crippen molar-refractivity contribution in [3.05, 3.63) is 125 Å². The number of pyridine rings is 1. The molecule has 0 spiro atoms. The van der Waals surface area contributed by atoms with E-state index in [4.69, 9.17) is 9.47 Å². The second-order valence-corrected chi connectivity index (χ2v) is 8.09. The van der Waals surface area contributed by atoms with E-state index in [-0.39, 0.29) is 11.7 Å². The van der Waals surface area contributed by atoms with Crippen LogP contribution in [0.4, 0.5) is 4.39 Å². The summed E-state index contributed by atoms with van der Waals surface area (Å²) in [6, 6.07) is 25.2. The fourth-order valence-electron chi connectivity index (χ4n) is 3.79. The van der Waals surface area contributed by atoms with Crippen LogP contribution in [0.3, 0.4) is 0 Å². The summed E-state index contributed by atoms with van der Waals surface area (Å²) in [4.78, 5) is 19.4. The third-order valence-corrected chi connectivity index (χ3v) is 5.59. The van der Waals surface area contributed by atoms with E-state index < -0.39 is 0 Å². The highest BCUT2D eigenvalue weighted by Gasteiger charge is 2.20. The molecule has 3 aromatic carbocycles. The lowest BCUT2D eigenvalue weighted by molar-refractivity contribution is 0.0726. The maximum Gasteiger partial charge on any atom is 0.258 e. The van der Waals surface area contributed by atoms with Gasteiger partial charge in [-0.3, -0.25) is 9.78 Å². The van der Waals surface area contributed by atoms with Gasteiger partial charge in [0, 0.05) is 31.9 Å². The van der Waals surface area contributed by atoms with Gasteiger partial charge >= 0.3 is 0 Å². The number of halogens is 1. The van der Waals surface area contributed by atoms with Crippen LogP contribution in [0.5, 0.6) is 11.5 Å². The van der Waals surface area contributed by atoms with Gasteiger partial charge in [0.15, 0.2) is 0 Å². The largest absolute Gasteiger partial charge is 0.496 e. The molecular weight excluding hydrogens is 443 g/mol. The quantitative estimate of drug-likeness (QED) is 0.299. The minimum Gasteiger partial charge on any atom is -0.496 e. The third kappa shape index (κ3) is 6.67. The predicted molar refractivity (Wildman–Crippen MR) is 133 cm³/mol. The number of carbonyl (C=O) groups excluding carboxylic acids is 1. The van der Waals surface area contributed by atoms with Gasteiger partial charge in [-0.1, -0.05) is 36.4 Å². The number of hydrogen-bond acceptors (Lipinski definition) is 4. The lowest BCUT2D eigenvalue weighted by Gasteiger charge is -2.24. The molecule has 5 nitrogen and oxygen atoms in total. The Morgan fingerprint density at radius 2 is 1.60 bits per heavy atom. The molecule has 1 amide bonds. The Labute approximate surface area is 204 Å². The lowest BCUT2D eigenvalue weighted by atomic mass is 10.1. The Hall–Kier alpha value is -4.19. The normalized spacial score (nSPS) is 10.6. The van der Waals surface area contributed by atoms with E-state index in [9.17, 15) is 9.18 Å². The highest BCUT2D eigenvalue weighted by Crippen LogP contribution is 2.23. The van der Waals surface area contributed by atoms with Gasteiger partial charge in [0.25, 0.3) is 5.91 Å². The molecule has 0 bridgehead atoms. The Kier molecular flexibility index (Phi) is 8.07. The number of aromatic nitrogens is 1. The van der Waals surface area contributed by atoms with Crippen LogP contribution < -0.4 is 9.47 Å². The molecule has 0 fully saturated rings. The number of benzene rings is 3. The van der Waals surface area contributed by atoms with Crippen molar-refractivity contribution in [2.24, 2.45) is 0 Å². The van der Waals surface area contributed by atoms with Crippen LogP contribution in [-0.2, 0) is 19.5 Å². The number of methoxy groups -OCH3 is 1. The molecule has 1 aromatic heterocycles. The fraction of sp³-hybridized carbons (Fsp3) is 0.172. The van der Waals surface area contributed by atoms with Crippen LogP contribution in [0.15, 0.2) is 97.3 Å². The molecule has 1 heterocycles. The molecule has 4 rings (SSSR count). The zero-order chi connectivity index (χ0) is 24.5. The van der Waals surface area contributed by atoms with Crippen molar-refractivity contribution in [3.8, 4) is 11.5 Å². The van der Waals surface area contributed by atoms with Crippen LogP contribution in [-0.4, -0.2) is 29.5 Å². The van der Waals surface area contributed by atoms with Gasteiger partial charge < -0.3 is 14.4 Å². The number of hydrogen-bond donors (Lipinski definition) is 0. The predicted octanol–water partition coefficient (Wildman–Crippen LogP) is 5.69. The molecule has 0 aliphatic heterocycles. The number of rotatable bonds is 10. The van der Waals surface area contributed by atoms with E-state index in [0.717, 1.165) is 22.4 Å². The molecule has 35 heavy (non-hydrogen) atoms. The second kappa shape index (κ2) is 11.8. The maximum absolute atomic E-state index is 13.5. The molecule has 178 valence electrons. The zero-order valence-electron chi connectivity index (χ0n) is 19.6. The van der Waals surface area contributed by atoms with Crippen LogP contribution in [0.2, 0.25) is 0 Å². The molecule has 0 atom stereocenters. The summed E-state index contributed by atoms with van der Waals surface area (Å²) in [7, 11) is 1.56. The van der Waals surface area contributed by atoms with E-state index in [0.29, 0.717) is 37.4 Å². The summed E-state index contributed by atoms with van der Waals surface area (Å²) >= 11 is 0. The first-order valence-corrected chi connectivity index (χ1v) is 11.4. The molecule has 0 radical (unpaired) electrons. The summed E-state index contributed by atoms with van der Waals surface area (Å²) in [6.07, 6.45) is 4.11. The van der Waals surface area contributed by atoms with Crippen LogP contribution >= 0.6 is 0 Å². The summed E-state index contributed by atoms with van der Waals surface area (Å²) in [5.74, 6) is 0.886. The Morgan fingerprint density at radius 1 is 0.857 bits per heavy atom. The first-order chi connectivity index (χ1) is 17.1. The Bertz CT molecular complexity index is 1250. The number of nitrogens with zero attached hydrogens (tertiary/aromatic N) is 2. The highest BCUT2D eigenvalue weighted by atomic mass is 19.1. The van der Waals surface area contributed by atoms with Crippen molar-refractivity contribution in [1.82, 2.24) is 9.88 Å². The zero-order valence-corrected chi connectivity index (χ0v) is 19.6. The van der Waals surface area contributed by atoms with Gasteiger partial charge in [-0.2, -0.15) is 0 Å². The minimum absolute atomic E-state index is 0.123. The van der Waals surface area contributed by atoms with Crippen LogP contribution in [0.25, 0.3) is 0 Å². The van der Waals surface area contributed by atoms with Gasteiger partial charge in [-0.25, -0.2) is 4.39 Å². The summed E-state index contributed by atoms with van der Waals surface area (Å²) in [5.41, 5.74) is 3.45. The van der Waals surface area contributed by atoms with Crippen molar-refractivity contribution in [2.45, 2.75) is 19.5 Å². The molecule has 0 saturated heterocycles. The number of carbonyl (C=O) groups is 1. The number of ether oxygens (including phenoxy) is 2. The minimum atomic E-state index is -0.249. The number of para-hydroxylation sites is 1. The van der Waals surface area contributed by atoms with E-state index in [1.165, 1.54) is 12.1 Å². The molecule has 4 aromatic rings. The summed E-state index contributed by atoms with van der Waals surface area (Å²) < 4.78 is 24.5. The smallest absolute Gasteiger partial charge is 0.258 e. The van der Waals surface area contributed by atoms with E-state index in [2.05, 4.69) is 4.98 Å². The average Bonchev–Trinajstić information content (AvgIpc) is 2.90. The van der Waals surface area contributed by atoms with Crippen molar-refractivity contribution >= 4 is 5.91 Å². The number of amides is 1. The molecule has 0 unspecified atom stereocenters. The molecule has 0 aliphatic carbocycles. The van der Waals surface area contributed by atoms with Crippen LogP contribution in [0, 0.1) is 5.82 Å². The third-order valence-electron chi connectivity index (χ3n) is 5.59. The van der Waals surface area contributed by atoms with Gasteiger partial charge in [0.1, 0.15) is 17.3 Å². The standard InChI is InChI=1S/C29H27FN2O3/c1-34-28-8-3-2-7-27(28)29(33)32(20-23-13-16-31-17-14-23)21-24-5-4-6-26(19-24)35-18-15-22-9-11-25(30)12-10-22/h2-14,16-17,19H,15,18,20-21H2,1H3. The molecule has 6 heteroatoms. The van der Waals surface area contributed by atoms with Gasteiger partial charge in [0.2, 0.25) is 0 Å².